The van der Waals surface area contributed by atoms with E-state index in [0.29, 0.717) is 74.8 Å². The number of rotatable bonds is 16. The molecular formula is C18H26O8. The SMILES string of the molecule is COCCOCCOc1cc(C=O)c(OCCOCCOC)cc1C=O. The molecule has 0 radical (unpaired) electrons. The highest BCUT2D eigenvalue weighted by molar-refractivity contribution is 5.87. The Hall–Kier alpha value is -2.00. The summed E-state index contributed by atoms with van der Waals surface area (Å²) >= 11 is 0. The third-order valence-electron chi connectivity index (χ3n) is 3.23. The summed E-state index contributed by atoms with van der Waals surface area (Å²) in [5.74, 6) is 0.613. The molecule has 0 heterocycles. The zero-order chi connectivity index (χ0) is 19.0. The summed E-state index contributed by atoms with van der Waals surface area (Å²) < 4.78 is 31.4. The average Bonchev–Trinajstić information content (AvgIpc) is 2.67. The number of carbonyl (C=O) groups excluding carboxylic acids is 2. The van der Waals surface area contributed by atoms with E-state index in [1.54, 1.807) is 14.2 Å². The fourth-order valence-electron chi connectivity index (χ4n) is 1.94. The molecule has 0 saturated heterocycles. The third-order valence-corrected chi connectivity index (χ3v) is 3.23. The van der Waals surface area contributed by atoms with Gasteiger partial charge in [0.15, 0.2) is 12.6 Å². The molecule has 1 aromatic rings. The first-order valence-corrected chi connectivity index (χ1v) is 8.24. The van der Waals surface area contributed by atoms with E-state index >= 15 is 0 Å². The van der Waals surface area contributed by atoms with Gasteiger partial charge in [0.1, 0.15) is 24.7 Å². The van der Waals surface area contributed by atoms with Gasteiger partial charge in [-0.25, -0.2) is 0 Å². The molecule has 0 aliphatic heterocycles. The first-order chi connectivity index (χ1) is 12.8. The van der Waals surface area contributed by atoms with Crippen molar-refractivity contribution in [2.24, 2.45) is 0 Å². The van der Waals surface area contributed by atoms with Crippen LogP contribution in [-0.4, -0.2) is 79.6 Å². The second-order valence-corrected chi connectivity index (χ2v) is 5.07. The van der Waals surface area contributed by atoms with E-state index < -0.39 is 0 Å². The zero-order valence-corrected chi connectivity index (χ0v) is 15.2. The Bertz CT molecular complexity index is 484. The van der Waals surface area contributed by atoms with Crippen LogP contribution in [-0.2, 0) is 18.9 Å². The molecule has 146 valence electrons. The number of aldehydes is 2. The van der Waals surface area contributed by atoms with Gasteiger partial charge >= 0.3 is 0 Å². The van der Waals surface area contributed by atoms with Crippen LogP contribution in [0, 0.1) is 0 Å². The number of hydrogen-bond donors (Lipinski definition) is 0. The van der Waals surface area contributed by atoms with E-state index in [9.17, 15) is 9.59 Å². The van der Waals surface area contributed by atoms with Crippen molar-refractivity contribution in [2.45, 2.75) is 0 Å². The Morgan fingerprint density at radius 1 is 0.654 bits per heavy atom. The summed E-state index contributed by atoms with van der Waals surface area (Å²) in [5, 5.41) is 0. The third kappa shape index (κ3) is 8.39. The van der Waals surface area contributed by atoms with Gasteiger partial charge in [-0.15, -0.1) is 0 Å². The maximum atomic E-state index is 11.3. The topological polar surface area (TPSA) is 89.5 Å². The van der Waals surface area contributed by atoms with Gasteiger partial charge in [0, 0.05) is 14.2 Å². The molecule has 1 rings (SSSR count). The van der Waals surface area contributed by atoms with Crippen molar-refractivity contribution in [2.75, 3.05) is 67.1 Å². The van der Waals surface area contributed by atoms with Gasteiger partial charge in [0.05, 0.1) is 50.8 Å². The van der Waals surface area contributed by atoms with Gasteiger partial charge < -0.3 is 28.4 Å². The second-order valence-electron chi connectivity index (χ2n) is 5.07. The van der Waals surface area contributed by atoms with E-state index in [1.807, 2.05) is 0 Å². The molecule has 0 aliphatic rings. The minimum absolute atomic E-state index is 0.246. The van der Waals surface area contributed by atoms with Crippen molar-refractivity contribution in [1.29, 1.82) is 0 Å². The summed E-state index contributed by atoms with van der Waals surface area (Å²) in [4.78, 5) is 22.6. The Balaban J connectivity index is 2.56. The largest absolute Gasteiger partial charge is 0.490 e. The molecule has 8 heteroatoms. The zero-order valence-electron chi connectivity index (χ0n) is 15.2. The maximum absolute atomic E-state index is 11.3. The number of ether oxygens (including phenoxy) is 6. The standard InChI is InChI=1S/C18H26O8/c1-21-3-5-23-7-9-25-17-11-16(14-20)18(12-15(17)13-19)26-10-8-24-6-4-22-2/h11-14H,3-10H2,1-2H3. The highest BCUT2D eigenvalue weighted by Crippen LogP contribution is 2.27. The Morgan fingerprint density at radius 2 is 1.04 bits per heavy atom. The smallest absolute Gasteiger partial charge is 0.153 e. The summed E-state index contributed by atoms with van der Waals surface area (Å²) in [6, 6.07) is 2.96. The van der Waals surface area contributed by atoms with E-state index in [2.05, 4.69) is 0 Å². The Morgan fingerprint density at radius 3 is 1.38 bits per heavy atom. The van der Waals surface area contributed by atoms with Crippen LogP contribution < -0.4 is 9.47 Å². The maximum Gasteiger partial charge on any atom is 0.153 e. The lowest BCUT2D eigenvalue weighted by Gasteiger charge is -2.13. The predicted molar refractivity (Wildman–Crippen MR) is 93.6 cm³/mol. The van der Waals surface area contributed by atoms with Crippen molar-refractivity contribution < 1.29 is 38.0 Å². The van der Waals surface area contributed by atoms with Gasteiger partial charge in [0.2, 0.25) is 0 Å². The molecule has 0 unspecified atom stereocenters. The summed E-state index contributed by atoms with van der Waals surface area (Å²) in [5.41, 5.74) is 0.589. The van der Waals surface area contributed by atoms with E-state index in [0.717, 1.165) is 0 Å². The lowest BCUT2D eigenvalue weighted by atomic mass is 10.1. The van der Waals surface area contributed by atoms with Gasteiger partial charge in [-0.3, -0.25) is 9.59 Å². The molecule has 26 heavy (non-hydrogen) atoms. The van der Waals surface area contributed by atoms with Crippen LogP contribution in [0.15, 0.2) is 12.1 Å². The quantitative estimate of drug-likeness (QED) is 0.319. The van der Waals surface area contributed by atoms with Crippen LogP contribution in [0.1, 0.15) is 20.7 Å². The molecule has 0 spiro atoms. The van der Waals surface area contributed by atoms with Crippen molar-refractivity contribution in [3.63, 3.8) is 0 Å². The molecular weight excluding hydrogens is 344 g/mol. The first kappa shape index (κ1) is 22.0. The van der Waals surface area contributed by atoms with Gasteiger partial charge in [-0.1, -0.05) is 0 Å². The van der Waals surface area contributed by atoms with E-state index in [-0.39, 0.29) is 13.2 Å². The van der Waals surface area contributed by atoms with Crippen LogP contribution in [0.2, 0.25) is 0 Å². The molecule has 8 nitrogen and oxygen atoms in total. The molecule has 0 atom stereocenters. The highest BCUT2D eigenvalue weighted by atomic mass is 16.5. The normalized spacial score (nSPS) is 10.5. The van der Waals surface area contributed by atoms with Gasteiger partial charge in [-0.2, -0.15) is 0 Å². The van der Waals surface area contributed by atoms with Crippen molar-refractivity contribution in [1.82, 2.24) is 0 Å². The lowest BCUT2D eigenvalue weighted by molar-refractivity contribution is 0.0536. The minimum Gasteiger partial charge on any atom is -0.490 e. The summed E-state index contributed by atoms with van der Waals surface area (Å²) in [6.45, 7) is 3.09. The number of methoxy groups -OCH3 is 2. The van der Waals surface area contributed by atoms with E-state index in [1.165, 1.54) is 12.1 Å². The van der Waals surface area contributed by atoms with Crippen LogP contribution in [0.25, 0.3) is 0 Å². The Labute approximate surface area is 153 Å². The fourth-order valence-corrected chi connectivity index (χ4v) is 1.94. The molecule has 0 aliphatic carbocycles. The number of benzene rings is 1. The molecule has 0 amide bonds. The second kappa shape index (κ2) is 14.2. The predicted octanol–water partition coefficient (Wildman–Crippen LogP) is 1.40. The number of carbonyl (C=O) groups is 2. The molecule has 1 aromatic carbocycles. The number of hydrogen-bond acceptors (Lipinski definition) is 8. The molecule has 0 N–H and O–H groups in total. The van der Waals surface area contributed by atoms with Crippen LogP contribution >= 0.6 is 0 Å². The molecule has 0 bridgehead atoms. The van der Waals surface area contributed by atoms with Crippen molar-refractivity contribution in [3.05, 3.63) is 23.3 Å². The van der Waals surface area contributed by atoms with Crippen LogP contribution in [0.3, 0.4) is 0 Å². The summed E-state index contributed by atoms with van der Waals surface area (Å²) in [7, 11) is 3.18. The lowest BCUT2D eigenvalue weighted by Crippen LogP contribution is -2.12. The van der Waals surface area contributed by atoms with E-state index in [4.69, 9.17) is 28.4 Å². The van der Waals surface area contributed by atoms with Crippen molar-refractivity contribution >= 4 is 12.6 Å². The molecule has 0 fully saturated rings. The van der Waals surface area contributed by atoms with Crippen LogP contribution in [0.4, 0.5) is 0 Å². The monoisotopic (exact) mass is 370 g/mol. The average molecular weight is 370 g/mol. The summed E-state index contributed by atoms with van der Waals surface area (Å²) in [6.07, 6.45) is 1.30. The van der Waals surface area contributed by atoms with Crippen molar-refractivity contribution in [3.8, 4) is 11.5 Å². The molecule has 0 aromatic heterocycles. The highest BCUT2D eigenvalue weighted by Gasteiger charge is 2.12. The van der Waals surface area contributed by atoms with Gasteiger partial charge in [0.25, 0.3) is 0 Å². The molecule has 0 saturated carbocycles. The van der Waals surface area contributed by atoms with Crippen LogP contribution in [0.5, 0.6) is 11.5 Å². The van der Waals surface area contributed by atoms with Gasteiger partial charge in [-0.05, 0) is 12.1 Å². The Kier molecular flexibility index (Phi) is 12.0. The fraction of sp³-hybridized carbons (Fsp3) is 0.556. The first-order valence-electron chi connectivity index (χ1n) is 8.24. The minimum atomic E-state index is 0.246.